The minimum Gasteiger partial charge on any atom is -0.310 e. The molecule has 3 N–H and O–H groups in total. The van der Waals surface area contributed by atoms with Crippen LogP contribution in [0.25, 0.3) is 0 Å². The Balaban J connectivity index is 0.000000137. The van der Waals surface area contributed by atoms with E-state index in [9.17, 15) is 0 Å². The zero-order valence-corrected chi connectivity index (χ0v) is 11.5. The summed E-state index contributed by atoms with van der Waals surface area (Å²) >= 11 is 0. The zero-order chi connectivity index (χ0) is 12.2. The maximum absolute atomic E-state index is 3.52. The smallest absolute Gasteiger partial charge is 0.0359 e. The van der Waals surface area contributed by atoms with Gasteiger partial charge >= 0.3 is 0 Å². The molecule has 3 aliphatic heterocycles. The Morgan fingerprint density at radius 2 is 1.50 bits per heavy atom. The summed E-state index contributed by atoms with van der Waals surface area (Å²) in [5.74, 6) is 0. The Morgan fingerprint density at radius 1 is 0.778 bits per heavy atom. The van der Waals surface area contributed by atoms with Gasteiger partial charge in [0.05, 0.1) is 0 Å². The van der Waals surface area contributed by atoms with Gasteiger partial charge in [0, 0.05) is 44.3 Å². The minimum absolute atomic E-state index is 0.852. The normalized spacial score (nSPS) is 36.7. The molecule has 0 aromatic carbocycles. The molecule has 2 unspecified atom stereocenters. The van der Waals surface area contributed by atoms with Crippen LogP contribution in [0.1, 0.15) is 44.9 Å². The van der Waals surface area contributed by atoms with Gasteiger partial charge in [0.1, 0.15) is 0 Å². The Hall–Kier alpha value is -0.160. The van der Waals surface area contributed by atoms with Gasteiger partial charge in [-0.1, -0.05) is 19.3 Å². The molecule has 0 radical (unpaired) electrons. The summed E-state index contributed by atoms with van der Waals surface area (Å²) in [5.41, 5.74) is 3.52. The highest BCUT2D eigenvalue weighted by atomic mass is 15.5. The number of nitrogens with zero attached hydrogens (tertiary/aromatic N) is 1. The lowest BCUT2D eigenvalue weighted by Crippen LogP contribution is -2.76. The number of hydrogen-bond acceptors (Lipinski definition) is 4. The highest BCUT2D eigenvalue weighted by Gasteiger charge is 2.37. The standard InChI is InChI=1S/C10H20N2.C4H8N2/c1-2-6-10(7-3-1)12-9-5-4-8-11-12;1-3-4(5-1)2-6-3/h10-11H,1-9H2;3-6H,1-2H2. The molecule has 0 spiro atoms. The van der Waals surface area contributed by atoms with Crippen LogP contribution < -0.4 is 16.1 Å². The monoisotopic (exact) mass is 252 g/mol. The number of nitrogens with one attached hydrogen (secondary N) is 3. The van der Waals surface area contributed by atoms with E-state index in [1.165, 1.54) is 71.1 Å². The van der Waals surface area contributed by atoms with Gasteiger partial charge in [-0.15, -0.1) is 0 Å². The molecule has 0 bridgehead atoms. The number of fused-ring (bicyclic) bond motifs is 1. The molecule has 104 valence electrons. The second-order valence-electron chi connectivity index (χ2n) is 6.13. The first-order valence-electron chi connectivity index (χ1n) is 7.90. The fraction of sp³-hybridized carbons (Fsp3) is 1.00. The van der Waals surface area contributed by atoms with Crippen LogP contribution in [-0.2, 0) is 0 Å². The summed E-state index contributed by atoms with van der Waals surface area (Å²) in [6.07, 6.45) is 9.96. The molecule has 0 aromatic heterocycles. The maximum Gasteiger partial charge on any atom is 0.0359 e. The summed E-state index contributed by atoms with van der Waals surface area (Å²) in [5, 5.41) is 9.07. The van der Waals surface area contributed by atoms with Gasteiger partial charge in [0.25, 0.3) is 0 Å². The van der Waals surface area contributed by atoms with Crippen molar-refractivity contribution in [3.05, 3.63) is 0 Å². The summed E-state index contributed by atoms with van der Waals surface area (Å²) in [4.78, 5) is 0. The average molecular weight is 252 g/mol. The van der Waals surface area contributed by atoms with Crippen LogP contribution in [0, 0.1) is 0 Å². The van der Waals surface area contributed by atoms with E-state index in [1.54, 1.807) is 0 Å². The van der Waals surface area contributed by atoms with Crippen LogP contribution in [0.2, 0.25) is 0 Å². The van der Waals surface area contributed by atoms with E-state index in [2.05, 4.69) is 21.1 Å². The fourth-order valence-corrected chi connectivity index (χ4v) is 3.36. The van der Waals surface area contributed by atoms with Crippen LogP contribution in [-0.4, -0.2) is 49.3 Å². The van der Waals surface area contributed by atoms with Gasteiger partial charge in [0.15, 0.2) is 0 Å². The lowest BCUT2D eigenvalue weighted by Gasteiger charge is -2.48. The topological polar surface area (TPSA) is 39.3 Å². The molecule has 1 saturated carbocycles. The van der Waals surface area contributed by atoms with E-state index in [1.807, 2.05) is 0 Å². The van der Waals surface area contributed by atoms with Crippen molar-refractivity contribution in [1.29, 1.82) is 0 Å². The first-order valence-corrected chi connectivity index (χ1v) is 7.90. The van der Waals surface area contributed by atoms with Crippen molar-refractivity contribution in [2.45, 2.75) is 63.1 Å². The van der Waals surface area contributed by atoms with E-state index in [4.69, 9.17) is 0 Å². The molecule has 3 heterocycles. The molecule has 18 heavy (non-hydrogen) atoms. The van der Waals surface area contributed by atoms with E-state index in [-0.39, 0.29) is 0 Å². The SMILES string of the molecule is C1CCC(N2CCCCN2)CC1.C1NC2CNC12. The van der Waals surface area contributed by atoms with Gasteiger partial charge in [-0.05, 0) is 25.7 Å². The molecule has 4 fully saturated rings. The molecule has 1 aliphatic carbocycles. The summed E-state index contributed by atoms with van der Waals surface area (Å²) in [6.45, 7) is 4.89. The Labute approximate surface area is 111 Å². The third-order valence-electron chi connectivity index (χ3n) is 4.84. The van der Waals surface area contributed by atoms with Gasteiger partial charge < -0.3 is 10.6 Å². The predicted molar refractivity (Wildman–Crippen MR) is 74.4 cm³/mol. The molecule has 2 atom stereocenters. The largest absolute Gasteiger partial charge is 0.310 e. The average Bonchev–Trinajstić information content (AvgIpc) is 2.45. The highest BCUT2D eigenvalue weighted by molar-refractivity contribution is 5.03. The van der Waals surface area contributed by atoms with Crippen molar-refractivity contribution in [2.24, 2.45) is 0 Å². The lowest BCUT2D eigenvalue weighted by molar-refractivity contribution is 0.0726. The molecule has 0 aromatic rings. The Morgan fingerprint density at radius 3 is 1.94 bits per heavy atom. The summed E-state index contributed by atoms with van der Waals surface area (Å²) in [6, 6.07) is 2.56. The van der Waals surface area contributed by atoms with E-state index in [0.717, 1.165) is 18.1 Å². The van der Waals surface area contributed by atoms with Crippen molar-refractivity contribution in [3.8, 4) is 0 Å². The number of rotatable bonds is 1. The first-order chi connectivity index (χ1) is 8.93. The quantitative estimate of drug-likeness (QED) is 0.647. The number of hydrogen-bond donors (Lipinski definition) is 3. The molecule has 0 amide bonds. The molecule has 4 nitrogen and oxygen atoms in total. The van der Waals surface area contributed by atoms with E-state index in [0.29, 0.717) is 0 Å². The van der Waals surface area contributed by atoms with Crippen molar-refractivity contribution in [2.75, 3.05) is 26.2 Å². The highest BCUT2D eigenvalue weighted by Crippen LogP contribution is 2.22. The van der Waals surface area contributed by atoms with Crippen molar-refractivity contribution in [3.63, 3.8) is 0 Å². The Bertz CT molecular complexity index is 212. The van der Waals surface area contributed by atoms with Gasteiger partial charge in [-0.25, -0.2) is 5.01 Å². The van der Waals surface area contributed by atoms with Crippen molar-refractivity contribution >= 4 is 0 Å². The minimum atomic E-state index is 0.852. The van der Waals surface area contributed by atoms with Crippen LogP contribution in [0.4, 0.5) is 0 Å². The van der Waals surface area contributed by atoms with Gasteiger partial charge in [0.2, 0.25) is 0 Å². The summed E-state index contributed by atoms with van der Waals surface area (Å²) < 4.78 is 0. The van der Waals surface area contributed by atoms with Crippen LogP contribution in [0.3, 0.4) is 0 Å². The maximum atomic E-state index is 3.52. The third kappa shape index (κ3) is 3.05. The molecule has 3 saturated heterocycles. The van der Waals surface area contributed by atoms with E-state index < -0.39 is 0 Å². The number of hydrazine groups is 1. The molecule has 4 aliphatic rings. The van der Waals surface area contributed by atoms with Crippen LogP contribution in [0.15, 0.2) is 0 Å². The molecular weight excluding hydrogens is 224 g/mol. The first kappa shape index (κ1) is 12.9. The zero-order valence-electron chi connectivity index (χ0n) is 11.5. The van der Waals surface area contributed by atoms with Crippen LogP contribution in [0.5, 0.6) is 0 Å². The Kier molecular flexibility index (Phi) is 4.52. The van der Waals surface area contributed by atoms with E-state index >= 15 is 0 Å². The second kappa shape index (κ2) is 6.33. The number of piperazine rings is 1. The van der Waals surface area contributed by atoms with Crippen LogP contribution >= 0.6 is 0 Å². The molecule has 4 rings (SSSR count). The second-order valence-corrected chi connectivity index (χ2v) is 6.13. The summed E-state index contributed by atoms with van der Waals surface area (Å²) in [7, 11) is 0. The van der Waals surface area contributed by atoms with Gasteiger partial charge in [-0.3, -0.25) is 5.43 Å². The van der Waals surface area contributed by atoms with Gasteiger partial charge in [-0.2, -0.15) is 0 Å². The fourth-order valence-electron chi connectivity index (χ4n) is 3.36. The third-order valence-corrected chi connectivity index (χ3v) is 4.84. The molecular formula is C14H28N4. The molecule has 4 heteroatoms. The predicted octanol–water partition coefficient (Wildman–Crippen LogP) is 0.850. The lowest BCUT2D eigenvalue weighted by atomic mass is 9.93. The van der Waals surface area contributed by atoms with Crippen molar-refractivity contribution in [1.82, 2.24) is 21.1 Å². The van der Waals surface area contributed by atoms with Crippen molar-refractivity contribution < 1.29 is 0 Å².